The molecule has 5 rings (SSSR count). The van der Waals surface area contributed by atoms with Crippen molar-refractivity contribution in [3.8, 4) is 23.0 Å². The van der Waals surface area contributed by atoms with Gasteiger partial charge in [0, 0.05) is 11.3 Å². The van der Waals surface area contributed by atoms with E-state index in [0.29, 0.717) is 28.7 Å². The van der Waals surface area contributed by atoms with Gasteiger partial charge in [0.15, 0.2) is 5.58 Å². The van der Waals surface area contributed by atoms with Crippen molar-refractivity contribution < 1.29 is 18.7 Å². The highest BCUT2D eigenvalue weighted by molar-refractivity contribution is 5.94. The fraction of sp³-hybridized carbons (Fsp3) is 0.0370. The molecule has 0 bridgehead atoms. The van der Waals surface area contributed by atoms with Gasteiger partial charge in [-0.3, -0.25) is 4.79 Å². The van der Waals surface area contributed by atoms with E-state index < -0.39 is 12.2 Å². The number of nitrogens with zero attached hydrogens (tertiary/aromatic N) is 1. The van der Waals surface area contributed by atoms with Crippen LogP contribution in [0.4, 0.5) is 5.69 Å². The van der Waals surface area contributed by atoms with Gasteiger partial charge in [0.2, 0.25) is 5.89 Å². The second kappa shape index (κ2) is 9.28. The summed E-state index contributed by atoms with van der Waals surface area (Å²) in [7, 11) is 0. The smallest absolute Gasteiger partial charge is 0.321 e. The topological polar surface area (TPSA) is 73.6 Å². The molecule has 5 aromatic rings. The van der Waals surface area contributed by atoms with Crippen molar-refractivity contribution in [2.75, 3.05) is 5.32 Å². The van der Waals surface area contributed by atoms with Gasteiger partial charge in [0.05, 0.1) is 0 Å². The molecule has 0 fully saturated rings. The third kappa shape index (κ3) is 4.85. The Morgan fingerprint density at radius 3 is 2.06 bits per heavy atom. The van der Waals surface area contributed by atoms with E-state index in [0.717, 1.165) is 11.1 Å². The Kier molecular flexibility index (Phi) is 5.72. The number of hydrogen-bond donors (Lipinski definition) is 1. The van der Waals surface area contributed by atoms with Crippen LogP contribution in [0.5, 0.6) is 11.5 Å². The minimum Gasteiger partial charge on any atom is -0.446 e. The van der Waals surface area contributed by atoms with Crippen LogP contribution in [0.3, 0.4) is 0 Å². The molecule has 162 valence electrons. The Morgan fingerprint density at radius 1 is 0.758 bits per heavy atom. The second-order valence-electron chi connectivity index (χ2n) is 7.25. The molecule has 1 amide bonds. The average Bonchev–Trinajstić information content (AvgIpc) is 3.30. The number of ether oxygens (including phenoxy) is 2. The molecule has 0 saturated heterocycles. The summed E-state index contributed by atoms with van der Waals surface area (Å²) in [6.07, 6.45) is -1.19. The van der Waals surface area contributed by atoms with Gasteiger partial charge in [-0.1, -0.05) is 54.6 Å². The van der Waals surface area contributed by atoms with Crippen molar-refractivity contribution in [3.63, 3.8) is 0 Å². The molecule has 0 aliphatic rings. The quantitative estimate of drug-likeness (QED) is 0.321. The molecule has 0 aliphatic carbocycles. The maximum atomic E-state index is 13.1. The third-order valence-electron chi connectivity index (χ3n) is 4.86. The van der Waals surface area contributed by atoms with Gasteiger partial charge < -0.3 is 19.2 Å². The number of oxazole rings is 1. The standard InChI is InChI=1S/C27H20N2O4/c30-25(27(31-21-12-3-1-4-13-21)32-22-14-5-2-6-15-22)28-20-11-9-10-19(18-20)26-29-23-16-7-8-17-24(23)33-26/h1-18,27H,(H,28,30). The Balaban J connectivity index is 1.37. The molecule has 1 heterocycles. The van der Waals surface area contributed by atoms with Crippen LogP contribution >= 0.6 is 0 Å². The predicted molar refractivity (Wildman–Crippen MR) is 126 cm³/mol. The van der Waals surface area contributed by atoms with Crippen LogP contribution in [0.1, 0.15) is 0 Å². The first-order valence-corrected chi connectivity index (χ1v) is 10.4. The molecule has 0 radical (unpaired) electrons. The van der Waals surface area contributed by atoms with Crippen molar-refractivity contribution in [1.29, 1.82) is 0 Å². The fourth-order valence-electron chi connectivity index (χ4n) is 3.30. The van der Waals surface area contributed by atoms with E-state index in [-0.39, 0.29) is 0 Å². The minimum absolute atomic E-state index is 0.447. The number of hydrogen-bond acceptors (Lipinski definition) is 5. The number of carbonyl (C=O) groups excluding carboxylic acids is 1. The first-order chi connectivity index (χ1) is 16.2. The Labute approximate surface area is 190 Å². The molecule has 0 spiro atoms. The van der Waals surface area contributed by atoms with E-state index in [1.807, 2.05) is 72.8 Å². The largest absolute Gasteiger partial charge is 0.446 e. The number of rotatable bonds is 7. The van der Waals surface area contributed by atoms with Crippen molar-refractivity contribution in [2.45, 2.75) is 6.29 Å². The maximum Gasteiger partial charge on any atom is 0.321 e. The summed E-state index contributed by atoms with van der Waals surface area (Å²) in [5.74, 6) is 1.07. The maximum absolute atomic E-state index is 13.1. The molecule has 33 heavy (non-hydrogen) atoms. The third-order valence-corrected chi connectivity index (χ3v) is 4.86. The van der Waals surface area contributed by atoms with Gasteiger partial charge in [0.25, 0.3) is 0 Å². The van der Waals surface area contributed by atoms with Crippen LogP contribution in [0.15, 0.2) is 114 Å². The van der Waals surface area contributed by atoms with Gasteiger partial charge in [-0.05, 0) is 54.6 Å². The summed E-state index contributed by atoms with van der Waals surface area (Å²) in [6.45, 7) is 0. The van der Waals surface area contributed by atoms with Crippen LogP contribution in [0.25, 0.3) is 22.6 Å². The van der Waals surface area contributed by atoms with Gasteiger partial charge in [-0.2, -0.15) is 0 Å². The summed E-state index contributed by atoms with van der Waals surface area (Å²) < 4.78 is 17.5. The number of carbonyl (C=O) groups is 1. The Morgan fingerprint density at radius 2 is 1.39 bits per heavy atom. The fourth-order valence-corrected chi connectivity index (χ4v) is 3.30. The van der Waals surface area contributed by atoms with Crippen molar-refractivity contribution in [1.82, 2.24) is 4.98 Å². The van der Waals surface area contributed by atoms with E-state index >= 15 is 0 Å². The number of amides is 1. The Bertz CT molecular complexity index is 1290. The summed E-state index contributed by atoms with van der Waals surface area (Å²) in [5.41, 5.74) is 2.79. The lowest BCUT2D eigenvalue weighted by Crippen LogP contribution is -2.38. The molecule has 6 nitrogen and oxygen atoms in total. The highest BCUT2D eigenvalue weighted by Gasteiger charge is 2.23. The first-order valence-electron chi connectivity index (χ1n) is 10.4. The molecule has 6 heteroatoms. The molecular formula is C27H20N2O4. The highest BCUT2D eigenvalue weighted by atomic mass is 16.7. The number of anilines is 1. The molecule has 1 aromatic heterocycles. The Hall–Kier alpha value is -4.58. The lowest BCUT2D eigenvalue weighted by atomic mass is 10.2. The number of nitrogens with one attached hydrogen (secondary N) is 1. The van der Waals surface area contributed by atoms with E-state index in [1.54, 1.807) is 36.4 Å². The van der Waals surface area contributed by atoms with Crippen LogP contribution in [-0.2, 0) is 4.79 Å². The predicted octanol–water partition coefficient (Wildman–Crippen LogP) is 5.92. The summed E-state index contributed by atoms with van der Waals surface area (Å²) in [6, 6.07) is 33.0. The summed E-state index contributed by atoms with van der Waals surface area (Å²) >= 11 is 0. The molecule has 1 N–H and O–H groups in total. The number of benzene rings is 4. The molecule has 0 saturated carbocycles. The van der Waals surface area contributed by atoms with Gasteiger partial charge in [-0.25, -0.2) is 4.98 Å². The SMILES string of the molecule is O=C(Nc1cccc(-c2nc3ccccc3o2)c1)C(Oc1ccccc1)Oc1ccccc1. The zero-order valence-electron chi connectivity index (χ0n) is 17.5. The average molecular weight is 436 g/mol. The molecular weight excluding hydrogens is 416 g/mol. The van der Waals surface area contributed by atoms with Crippen LogP contribution in [0.2, 0.25) is 0 Å². The van der Waals surface area contributed by atoms with E-state index in [9.17, 15) is 4.79 Å². The highest BCUT2D eigenvalue weighted by Crippen LogP contribution is 2.26. The number of aromatic nitrogens is 1. The molecule has 0 aliphatic heterocycles. The van der Waals surface area contributed by atoms with Gasteiger partial charge in [-0.15, -0.1) is 0 Å². The normalized spacial score (nSPS) is 10.8. The lowest BCUT2D eigenvalue weighted by Gasteiger charge is -2.20. The monoisotopic (exact) mass is 436 g/mol. The van der Waals surface area contributed by atoms with Crippen molar-refractivity contribution in [3.05, 3.63) is 109 Å². The molecule has 0 atom stereocenters. The minimum atomic E-state index is -1.19. The van der Waals surface area contributed by atoms with Crippen molar-refractivity contribution in [2.24, 2.45) is 0 Å². The molecule has 0 unspecified atom stereocenters. The molecule has 4 aromatic carbocycles. The van der Waals surface area contributed by atoms with E-state index in [2.05, 4.69) is 10.3 Å². The zero-order chi connectivity index (χ0) is 22.5. The van der Waals surface area contributed by atoms with E-state index in [1.165, 1.54) is 0 Å². The lowest BCUT2D eigenvalue weighted by molar-refractivity contribution is -0.134. The number of para-hydroxylation sites is 4. The van der Waals surface area contributed by atoms with Crippen LogP contribution in [-0.4, -0.2) is 17.2 Å². The number of fused-ring (bicyclic) bond motifs is 1. The van der Waals surface area contributed by atoms with Gasteiger partial charge >= 0.3 is 12.2 Å². The van der Waals surface area contributed by atoms with Crippen molar-refractivity contribution >= 4 is 22.7 Å². The second-order valence-corrected chi connectivity index (χ2v) is 7.25. The summed E-state index contributed by atoms with van der Waals surface area (Å²) in [4.78, 5) is 17.6. The summed E-state index contributed by atoms with van der Waals surface area (Å²) in [5, 5.41) is 2.87. The zero-order valence-corrected chi connectivity index (χ0v) is 17.5. The van der Waals surface area contributed by atoms with Gasteiger partial charge in [0.1, 0.15) is 17.0 Å². The van der Waals surface area contributed by atoms with Crippen LogP contribution < -0.4 is 14.8 Å². The van der Waals surface area contributed by atoms with E-state index in [4.69, 9.17) is 13.9 Å². The first kappa shape index (κ1) is 20.3. The van der Waals surface area contributed by atoms with Crippen LogP contribution in [0, 0.1) is 0 Å².